The molecule has 0 aromatic rings. The molecule has 1 heterocycles. The normalized spacial score (nSPS) is 33.6. The van der Waals surface area contributed by atoms with E-state index in [0.717, 1.165) is 18.6 Å². The molecule has 0 radical (unpaired) electrons. The average Bonchev–Trinajstić information content (AvgIpc) is 2.66. The highest BCUT2D eigenvalue weighted by Gasteiger charge is 2.28. The monoisotopic (exact) mass is 224 g/mol. The van der Waals surface area contributed by atoms with Gasteiger partial charge in [-0.15, -0.1) is 0 Å². The smallest absolute Gasteiger partial charge is 0.0111 e. The maximum Gasteiger partial charge on any atom is 0.0111 e. The molecule has 2 fully saturated rings. The predicted molar refractivity (Wildman–Crippen MR) is 69.8 cm³/mol. The first-order valence-electron chi connectivity index (χ1n) is 7.37. The van der Waals surface area contributed by atoms with Gasteiger partial charge in [0, 0.05) is 12.1 Å². The molecule has 0 aromatic carbocycles. The highest BCUT2D eigenvalue weighted by molar-refractivity contribution is 4.86. The Kier molecular flexibility index (Phi) is 5.11. The van der Waals surface area contributed by atoms with Crippen LogP contribution in [0.15, 0.2) is 0 Å². The summed E-state index contributed by atoms with van der Waals surface area (Å²) in [5, 5.41) is 3.61. The van der Waals surface area contributed by atoms with Crippen molar-refractivity contribution in [2.24, 2.45) is 0 Å². The zero-order chi connectivity index (χ0) is 11.2. The van der Waals surface area contributed by atoms with Crippen LogP contribution in [0.2, 0.25) is 0 Å². The molecule has 2 atom stereocenters. The lowest BCUT2D eigenvalue weighted by Crippen LogP contribution is -2.37. The fourth-order valence-corrected chi connectivity index (χ4v) is 3.40. The molecule has 1 saturated heterocycles. The minimum Gasteiger partial charge on any atom is -0.314 e. The van der Waals surface area contributed by atoms with Gasteiger partial charge in [-0.2, -0.15) is 0 Å². The number of nitrogens with zero attached hydrogens (tertiary/aromatic N) is 1. The second kappa shape index (κ2) is 6.61. The quantitative estimate of drug-likeness (QED) is 0.793. The second-order valence-electron chi connectivity index (χ2n) is 5.53. The minimum atomic E-state index is 0.806. The summed E-state index contributed by atoms with van der Waals surface area (Å²) in [6, 6.07) is 1.70. The molecule has 1 N–H and O–H groups in total. The minimum absolute atomic E-state index is 0.806. The molecule has 0 bridgehead atoms. The summed E-state index contributed by atoms with van der Waals surface area (Å²) >= 11 is 0. The van der Waals surface area contributed by atoms with Gasteiger partial charge in [0.1, 0.15) is 0 Å². The zero-order valence-electron chi connectivity index (χ0n) is 10.9. The van der Waals surface area contributed by atoms with Crippen molar-refractivity contribution in [3.8, 4) is 0 Å². The van der Waals surface area contributed by atoms with Crippen molar-refractivity contribution >= 4 is 0 Å². The van der Waals surface area contributed by atoms with Crippen LogP contribution >= 0.6 is 0 Å². The Balaban J connectivity index is 1.77. The van der Waals surface area contributed by atoms with E-state index in [0.29, 0.717) is 0 Å². The van der Waals surface area contributed by atoms with Crippen LogP contribution in [0.25, 0.3) is 0 Å². The molecule has 2 aliphatic rings. The summed E-state index contributed by atoms with van der Waals surface area (Å²) < 4.78 is 0. The van der Waals surface area contributed by atoms with Gasteiger partial charge in [0.05, 0.1) is 0 Å². The van der Waals surface area contributed by atoms with Crippen LogP contribution < -0.4 is 5.32 Å². The Morgan fingerprint density at radius 2 is 1.69 bits per heavy atom. The van der Waals surface area contributed by atoms with E-state index in [1.54, 1.807) is 0 Å². The first kappa shape index (κ1) is 12.4. The van der Waals surface area contributed by atoms with Crippen molar-refractivity contribution in [2.75, 3.05) is 19.6 Å². The highest BCUT2D eigenvalue weighted by atomic mass is 15.2. The SMILES string of the molecule is CCNC1CCC(N2CCCCCCC2)C1. The zero-order valence-corrected chi connectivity index (χ0v) is 10.9. The van der Waals surface area contributed by atoms with E-state index < -0.39 is 0 Å². The summed E-state index contributed by atoms with van der Waals surface area (Å²) in [5.41, 5.74) is 0. The molecule has 2 unspecified atom stereocenters. The third-order valence-electron chi connectivity index (χ3n) is 4.30. The van der Waals surface area contributed by atoms with Gasteiger partial charge in [-0.05, 0) is 51.7 Å². The molecule has 2 heteroatoms. The van der Waals surface area contributed by atoms with Gasteiger partial charge in [0.25, 0.3) is 0 Å². The standard InChI is InChI=1S/C14H28N2/c1-2-15-13-8-9-14(12-13)16-10-6-4-3-5-7-11-16/h13-15H,2-12H2,1H3. The third kappa shape index (κ3) is 3.46. The van der Waals surface area contributed by atoms with Crippen LogP contribution in [0.3, 0.4) is 0 Å². The van der Waals surface area contributed by atoms with E-state index in [-0.39, 0.29) is 0 Å². The van der Waals surface area contributed by atoms with E-state index in [1.807, 2.05) is 0 Å². The van der Waals surface area contributed by atoms with Crippen molar-refractivity contribution in [1.29, 1.82) is 0 Å². The first-order chi connectivity index (χ1) is 7.90. The lowest BCUT2D eigenvalue weighted by molar-refractivity contribution is 0.179. The maximum absolute atomic E-state index is 3.61. The molecule has 2 nitrogen and oxygen atoms in total. The molecule has 0 aromatic heterocycles. The second-order valence-corrected chi connectivity index (χ2v) is 5.53. The number of hydrogen-bond acceptors (Lipinski definition) is 2. The molecular formula is C14H28N2. The summed E-state index contributed by atoms with van der Waals surface area (Å²) in [6.45, 7) is 6.09. The Labute approximate surface area is 101 Å². The molecule has 1 aliphatic heterocycles. The van der Waals surface area contributed by atoms with Crippen LogP contribution in [0.1, 0.15) is 58.3 Å². The van der Waals surface area contributed by atoms with E-state index in [2.05, 4.69) is 17.1 Å². The first-order valence-corrected chi connectivity index (χ1v) is 7.37. The van der Waals surface area contributed by atoms with E-state index in [4.69, 9.17) is 0 Å². The number of likely N-dealkylation sites (tertiary alicyclic amines) is 1. The molecule has 0 spiro atoms. The molecular weight excluding hydrogens is 196 g/mol. The lowest BCUT2D eigenvalue weighted by atomic mass is 10.1. The fraction of sp³-hybridized carbons (Fsp3) is 1.00. The van der Waals surface area contributed by atoms with Crippen molar-refractivity contribution in [2.45, 2.75) is 70.4 Å². The van der Waals surface area contributed by atoms with Crippen molar-refractivity contribution in [3.63, 3.8) is 0 Å². The Morgan fingerprint density at radius 1 is 1.00 bits per heavy atom. The van der Waals surface area contributed by atoms with Crippen LogP contribution in [0.5, 0.6) is 0 Å². The van der Waals surface area contributed by atoms with Crippen molar-refractivity contribution in [1.82, 2.24) is 10.2 Å². The van der Waals surface area contributed by atoms with E-state index in [9.17, 15) is 0 Å². The molecule has 1 saturated carbocycles. The molecule has 16 heavy (non-hydrogen) atoms. The van der Waals surface area contributed by atoms with E-state index >= 15 is 0 Å². The van der Waals surface area contributed by atoms with Crippen LogP contribution in [-0.4, -0.2) is 36.6 Å². The lowest BCUT2D eigenvalue weighted by Gasteiger charge is -2.30. The van der Waals surface area contributed by atoms with Gasteiger partial charge in [0.15, 0.2) is 0 Å². The third-order valence-corrected chi connectivity index (χ3v) is 4.30. The van der Waals surface area contributed by atoms with E-state index in [1.165, 1.54) is 64.5 Å². The summed E-state index contributed by atoms with van der Waals surface area (Å²) in [6.07, 6.45) is 11.5. The van der Waals surface area contributed by atoms with Crippen LogP contribution in [0.4, 0.5) is 0 Å². The van der Waals surface area contributed by atoms with Crippen molar-refractivity contribution in [3.05, 3.63) is 0 Å². The average molecular weight is 224 g/mol. The topological polar surface area (TPSA) is 15.3 Å². The molecule has 94 valence electrons. The van der Waals surface area contributed by atoms with Gasteiger partial charge < -0.3 is 10.2 Å². The Bertz CT molecular complexity index is 185. The van der Waals surface area contributed by atoms with Gasteiger partial charge in [-0.25, -0.2) is 0 Å². The maximum atomic E-state index is 3.61. The van der Waals surface area contributed by atoms with Gasteiger partial charge in [0.2, 0.25) is 0 Å². The van der Waals surface area contributed by atoms with Gasteiger partial charge >= 0.3 is 0 Å². The summed E-state index contributed by atoms with van der Waals surface area (Å²) in [4.78, 5) is 2.79. The predicted octanol–water partition coefficient (Wildman–Crippen LogP) is 2.78. The molecule has 1 aliphatic carbocycles. The summed E-state index contributed by atoms with van der Waals surface area (Å²) in [7, 11) is 0. The summed E-state index contributed by atoms with van der Waals surface area (Å²) in [5.74, 6) is 0. The van der Waals surface area contributed by atoms with Gasteiger partial charge in [-0.3, -0.25) is 0 Å². The Morgan fingerprint density at radius 3 is 2.38 bits per heavy atom. The van der Waals surface area contributed by atoms with Gasteiger partial charge in [-0.1, -0.05) is 26.2 Å². The number of nitrogens with one attached hydrogen (secondary N) is 1. The molecule has 2 rings (SSSR count). The Hall–Kier alpha value is -0.0800. The highest BCUT2D eigenvalue weighted by Crippen LogP contribution is 2.26. The van der Waals surface area contributed by atoms with Crippen LogP contribution in [-0.2, 0) is 0 Å². The largest absolute Gasteiger partial charge is 0.314 e. The fourth-order valence-electron chi connectivity index (χ4n) is 3.40. The number of rotatable bonds is 3. The molecule has 0 amide bonds. The van der Waals surface area contributed by atoms with Crippen molar-refractivity contribution < 1.29 is 0 Å². The van der Waals surface area contributed by atoms with Crippen LogP contribution in [0, 0.1) is 0 Å². The number of hydrogen-bond donors (Lipinski definition) is 1.